The minimum absolute atomic E-state index is 0.00918. The molecule has 0 aromatic heterocycles. The van der Waals surface area contributed by atoms with Crippen molar-refractivity contribution in [3.63, 3.8) is 0 Å². The van der Waals surface area contributed by atoms with E-state index in [9.17, 15) is 18.0 Å². The second-order valence-corrected chi connectivity index (χ2v) is 12.6. The molecule has 3 aromatic carbocycles. The van der Waals surface area contributed by atoms with Gasteiger partial charge in [-0.3, -0.25) is 13.9 Å². The molecule has 3 aromatic rings. The number of methoxy groups -OCH3 is 2. The number of rotatable bonds is 13. The van der Waals surface area contributed by atoms with Gasteiger partial charge >= 0.3 is 0 Å². The van der Waals surface area contributed by atoms with E-state index in [0.29, 0.717) is 23.6 Å². The number of benzene rings is 3. The van der Waals surface area contributed by atoms with Crippen LogP contribution in [0.5, 0.6) is 11.5 Å². The summed E-state index contributed by atoms with van der Waals surface area (Å²) < 4.78 is 39.5. The number of hydrogen-bond acceptors (Lipinski definition) is 6. The number of hydrogen-bond donors (Lipinski definition) is 1. The van der Waals surface area contributed by atoms with E-state index in [2.05, 4.69) is 5.32 Å². The van der Waals surface area contributed by atoms with Gasteiger partial charge in [-0.1, -0.05) is 55.3 Å². The maximum absolute atomic E-state index is 14.1. The summed E-state index contributed by atoms with van der Waals surface area (Å²) in [6.07, 6.45) is 0. The second kappa shape index (κ2) is 14.4. The molecule has 226 valence electrons. The standard InChI is InChI=1S/C31H38ClN3O6S/c1-21(2)18-33-31(37)23(4)34(19-24-8-7-9-26(16-24)40-5)30(36)20-35(25-12-15-29(41-6)28(32)17-25)42(38,39)27-13-10-22(3)11-14-27/h7-17,21,23H,18-20H2,1-6H3,(H,33,37)/t23-/m1/s1. The fourth-order valence-electron chi connectivity index (χ4n) is 4.18. The van der Waals surface area contributed by atoms with Crippen LogP contribution in [0.3, 0.4) is 0 Å². The number of halogens is 1. The van der Waals surface area contributed by atoms with Crippen LogP contribution in [0, 0.1) is 12.8 Å². The highest BCUT2D eigenvalue weighted by atomic mass is 35.5. The minimum Gasteiger partial charge on any atom is -0.497 e. The van der Waals surface area contributed by atoms with Gasteiger partial charge in [0, 0.05) is 13.1 Å². The number of amides is 2. The first kappa shape index (κ1) is 32.8. The summed E-state index contributed by atoms with van der Waals surface area (Å²) in [5.74, 6) is 0.231. The first-order chi connectivity index (χ1) is 19.9. The Hall–Kier alpha value is -3.76. The Labute approximate surface area is 253 Å². The van der Waals surface area contributed by atoms with Crippen LogP contribution in [0.4, 0.5) is 5.69 Å². The number of sulfonamides is 1. The number of carbonyl (C=O) groups is 2. The molecular weight excluding hydrogens is 578 g/mol. The van der Waals surface area contributed by atoms with Crippen LogP contribution in [-0.4, -0.2) is 58.5 Å². The molecule has 0 heterocycles. The monoisotopic (exact) mass is 615 g/mol. The molecule has 0 fully saturated rings. The number of aryl methyl sites for hydroxylation is 1. The zero-order valence-corrected chi connectivity index (χ0v) is 26.3. The third-order valence-electron chi connectivity index (χ3n) is 6.65. The molecule has 0 radical (unpaired) electrons. The Morgan fingerprint density at radius 1 is 0.952 bits per heavy atom. The van der Waals surface area contributed by atoms with Gasteiger partial charge in [0.2, 0.25) is 11.8 Å². The lowest BCUT2D eigenvalue weighted by Gasteiger charge is -2.32. The molecule has 9 nitrogen and oxygen atoms in total. The Bertz CT molecular complexity index is 1490. The molecule has 1 N–H and O–H groups in total. The third-order valence-corrected chi connectivity index (χ3v) is 8.73. The van der Waals surface area contributed by atoms with Crippen molar-refractivity contribution in [1.82, 2.24) is 10.2 Å². The van der Waals surface area contributed by atoms with Gasteiger partial charge in [-0.2, -0.15) is 0 Å². The van der Waals surface area contributed by atoms with Gasteiger partial charge in [0.25, 0.3) is 10.0 Å². The van der Waals surface area contributed by atoms with Gasteiger partial charge in [0.05, 0.1) is 29.8 Å². The predicted octanol–water partition coefficient (Wildman–Crippen LogP) is 5.05. The van der Waals surface area contributed by atoms with Gasteiger partial charge in [-0.15, -0.1) is 0 Å². The normalized spacial score (nSPS) is 12.0. The maximum Gasteiger partial charge on any atom is 0.264 e. The van der Waals surface area contributed by atoms with E-state index in [-0.39, 0.29) is 34.0 Å². The largest absolute Gasteiger partial charge is 0.497 e. The van der Waals surface area contributed by atoms with Gasteiger partial charge in [-0.05, 0) is 67.8 Å². The summed E-state index contributed by atoms with van der Waals surface area (Å²) in [4.78, 5) is 28.6. The van der Waals surface area contributed by atoms with Gasteiger partial charge in [-0.25, -0.2) is 8.42 Å². The smallest absolute Gasteiger partial charge is 0.264 e. The lowest BCUT2D eigenvalue weighted by atomic mass is 10.1. The maximum atomic E-state index is 14.1. The van der Waals surface area contributed by atoms with Gasteiger partial charge in [0.15, 0.2) is 0 Å². The molecule has 0 aliphatic rings. The molecule has 0 aliphatic carbocycles. The highest BCUT2D eigenvalue weighted by Crippen LogP contribution is 2.32. The van der Waals surface area contributed by atoms with Crippen LogP contribution in [0.15, 0.2) is 71.6 Å². The van der Waals surface area contributed by atoms with Crippen LogP contribution in [0.25, 0.3) is 0 Å². The van der Waals surface area contributed by atoms with Crippen molar-refractivity contribution in [3.8, 4) is 11.5 Å². The number of ether oxygens (including phenoxy) is 2. The van der Waals surface area contributed by atoms with Crippen LogP contribution < -0.4 is 19.1 Å². The van der Waals surface area contributed by atoms with Crippen molar-refractivity contribution < 1.29 is 27.5 Å². The summed E-state index contributed by atoms with van der Waals surface area (Å²) in [6.45, 7) is 7.32. The van der Waals surface area contributed by atoms with Crippen LogP contribution in [0.1, 0.15) is 31.9 Å². The molecule has 0 aliphatic heterocycles. The SMILES string of the molecule is COc1cccc(CN(C(=O)CN(c2ccc(OC)c(Cl)c2)S(=O)(=O)c2ccc(C)cc2)[C@H](C)C(=O)NCC(C)C)c1. The molecule has 1 atom stereocenters. The molecule has 3 rings (SSSR count). The lowest BCUT2D eigenvalue weighted by molar-refractivity contribution is -0.139. The molecule has 0 saturated heterocycles. The summed E-state index contributed by atoms with van der Waals surface area (Å²) >= 11 is 6.37. The van der Waals surface area contributed by atoms with E-state index in [1.165, 1.54) is 49.5 Å². The average Bonchev–Trinajstić information content (AvgIpc) is 2.97. The van der Waals surface area contributed by atoms with E-state index in [4.69, 9.17) is 21.1 Å². The fourth-order valence-corrected chi connectivity index (χ4v) is 5.84. The number of nitrogens with one attached hydrogen (secondary N) is 1. The van der Waals surface area contributed by atoms with Gasteiger partial charge in [0.1, 0.15) is 24.1 Å². The van der Waals surface area contributed by atoms with E-state index >= 15 is 0 Å². The molecule has 0 spiro atoms. The summed E-state index contributed by atoms with van der Waals surface area (Å²) in [5.41, 5.74) is 1.77. The average molecular weight is 616 g/mol. The van der Waals surface area contributed by atoms with Crippen molar-refractivity contribution in [2.45, 2.75) is 45.2 Å². The molecule has 42 heavy (non-hydrogen) atoms. The first-order valence-corrected chi connectivity index (χ1v) is 15.3. The zero-order chi connectivity index (χ0) is 31.0. The van der Waals surface area contributed by atoms with E-state index in [1.807, 2.05) is 26.8 Å². The fraction of sp³-hybridized carbons (Fsp3) is 0.355. The first-order valence-electron chi connectivity index (χ1n) is 13.5. The third kappa shape index (κ3) is 8.17. The highest BCUT2D eigenvalue weighted by molar-refractivity contribution is 7.92. The van der Waals surface area contributed by atoms with Crippen molar-refractivity contribution in [2.75, 3.05) is 31.6 Å². The van der Waals surface area contributed by atoms with Crippen LogP contribution >= 0.6 is 11.6 Å². The predicted molar refractivity (Wildman–Crippen MR) is 165 cm³/mol. The number of carbonyl (C=O) groups excluding carboxylic acids is 2. The zero-order valence-electron chi connectivity index (χ0n) is 24.8. The van der Waals surface area contributed by atoms with Crippen molar-refractivity contribution in [1.29, 1.82) is 0 Å². The quantitative estimate of drug-likeness (QED) is 0.289. The Balaban J connectivity index is 2.06. The lowest BCUT2D eigenvalue weighted by Crippen LogP contribution is -2.51. The van der Waals surface area contributed by atoms with Crippen molar-refractivity contribution >= 4 is 39.1 Å². The molecule has 0 bridgehead atoms. The molecule has 0 unspecified atom stereocenters. The molecule has 2 amide bonds. The van der Waals surface area contributed by atoms with Crippen molar-refractivity contribution in [2.24, 2.45) is 5.92 Å². The minimum atomic E-state index is -4.22. The Kier molecular flexibility index (Phi) is 11.2. The van der Waals surface area contributed by atoms with Gasteiger partial charge < -0.3 is 19.7 Å². The van der Waals surface area contributed by atoms with Crippen molar-refractivity contribution in [3.05, 3.63) is 82.9 Å². The Morgan fingerprint density at radius 2 is 1.64 bits per heavy atom. The van der Waals surface area contributed by atoms with E-state index in [1.54, 1.807) is 37.3 Å². The number of anilines is 1. The van der Waals surface area contributed by atoms with Crippen LogP contribution in [-0.2, 0) is 26.2 Å². The highest BCUT2D eigenvalue weighted by Gasteiger charge is 2.33. The molecular formula is C31H38ClN3O6S. The second-order valence-electron chi connectivity index (χ2n) is 10.3. The van der Waals surface area contributed by atoms with Crippen LogP contribution in [0.2, 0.25) is 5.02 Å². The summed E-state index contributed by atoms with van der Waals surface area (Å²) in [5, 5.41) is 3.05. The topological polar surface area (TPSA) is 105 Å². The van der Waals surface area contributed by atoms with E-state index in [0.717, 1.165) is 9.87 Å². The Morgan fingerprint density at radius 3 is 2.24 bits per heavy atom. The number of nitrogens with zero attached hydrogens (tertiary/aromatic N) is 2. The summed E-state index contributed by atoms with van der Waals surface area (Å²) in [7, 11) is -1.23. The summed E-state index contributed by atoms with van der Waals surface area (Å²) in [6, 6.07) is 17.1. The van der Waals surface area contributed by atoms with E-state index < -0.39 is 28.5 Å². The molecule has 0 saturated carbocycles. The molecule has 11 heteroatoms.